The van der Waals surface area contributed by atoms with E-state index >= 15 is 0 Å². The molecule has 6 aromatic carbocycles. The van der Waals surface area contributed by atoms with E-state index in [-0.39, 0.29) is 95.3 Å². The van der Waals surface area contributed by atoms with Crippen molar-refractivity contribution in [1.29, 1.82) is 0 Å². The zero-order valence-electron chi connectivity index (χ0n) is 69.2. The molecule has 0 aliphatic heterocycles. The molecule has 37 heteroatoms. The zero-order valence-corrected chi connectivity index (χ0v) is 77.2. The number of nitrogens with zero attached hydrogens (tertiary/aromatic N) is 2. The van der Waals surface area contributed by atoms with E-state index in [0.29, 0.717) is 59.8 Å². The highest BCUT2D eigenvalue weighted by molar-refractivity contribution is 6.86. The fourth-order valence-corrected chi connectivity index (χ4v) is 39.9. The van der Waals surface area contributed by atoms with Crippen LogP contribution in [-0.4, -0.2) is 245 Å². The first-order valence-electron chi connectivity index (χ1n) is 37.8. The molecule has 0 bridgehead atoms. The molecule has 0 aliphatic carbocycles. The number of aliphatic hydroxyl groups excluding tert-OH is 7. The highest BCUT2D eigenvalue weighted by Gasteiger charge is 2.38. The maximum atomic E-state index is 13.1. The van der Waals surface area contributed by atoms with E-state index in [0.717, 1.165) is 44.5 Å². The maximum absolute atomic E-state index is 13.1. The van der Waals surface area contributed by atoms with Gasteiger partial charge >= 0.3 is 36.4 Å². The predicted octanol–water partition coefficient (Wildman–Crippen LogP) is 12.2. The van der Waals surface area contributed by atoms with Gasteiger partial charge in [0, 0.05) is 60.8 Å². The molecule has 0 atom stereocenters. The molecule has 0 saturated carbocycles. The Labute approximate surface area is 679 Å². The van der Waals surface area contributed by atoms with Crippen molar-refractivity contribution in [3.05, 3.63) is 178 Å². The first-order chi connectivity index (χ1) is 53.3. The minimum absolute atomic E-state index is 0.00832. The fraction of sp³-hybridized carbons (Fsp3) is 0.455. The van der Waals surface area contributed by atoms with Crippen LogP contribution in [0.5, 0.6) is 0 Å². The lowest BCUT2D eigenvalue weighted by Crippen LogP contribution is -2.50. The minimum Gasteiger partial charge on any atom is -0.452 e. The number of aliphatic hydroxyl groups is 7. The summed E-state index contributed by atoms with van der Waals surface area (Å²) in [5, 5.41) is 83.6. The van der Waals surface area contributed by atoms with Crippen LogP contribution < -0.4 is 31.9 Å². The van der Waals surface area contributed by atoms with Crippen molar-refractivity contribution < 1.29 is 99.9 Å². The van der Waals surface area contributed by atoms with E-state index in [1.165, 1.54) is 9.80 Å². The molecule has 6 aromatic rings. The second-order valence-electron chi connectivity index (χ2n) is 32.9. The third kappa shape index (κ3) is 37.0. The third-order valence-corrected chi connectivity index (χ3v) is 40.8. The minimum atomic E-state index is -2.43. The number of nitrogens with one attached hydrogen (secondary N) is 6. The normalized spacial score (nSPS) is 12.1. The molecule has 0 aliphatic rings. The summed E-state index contributed by atoms with van der Waals surface area (Å²) in [5.74, 6) is 0. The van der Waals surface area contributed by atoms with Crippen LogP contribution in [-0.2, 0) is 61.1 Å². The van der Waals surface area contributed by atoms with Gasteiger partial charge in [-0.05, 0) is 248 Å². The lowest BCUT2D eigenvalue weighted by molar-refractivity contribution is 0.167. The molecule has 628 valence electrons. The Morgan fingerprint density at radius 3 is 0.763 bits per heavy atom. The van der Waals surface area contributed by atoms with Crippen LogP contribution in [0.4, 0.5) is 62.9 Å². The van der Waals surface area contributed by atoms with Gasteiger partial charge in [-0.1, -0.05) is 60.7 Å². The van der Waals surface area contributed by atoms with Crippen LogP contribution in [0.3, 0.4) is 0 Å². The van der Waals surface area contributed by atoms with E-state index in [2.05, 4.69) is 31.9 Å². The number of hydrogen-bond donors (Lipinski definition) is 13. The summed E-state index contributed by atoms with van der Waals surface area (Å²) >= 11 is 0. The van der Waals surface area contributed by atoms with E-state index in [4.69, 9.17) is 35.4 Å². The van der Waals surface area contributed by atoms with Crippen LogP contribution in [0.25, 0.3) is 0 Å². The third-order valence-electron chi connectivity index (χ3n) is 16.7. The van der Waals surface area contributed by atoms with Crippen molar-refractivity contribution in [1.82, 2.24) is 9.80 Å². The zero-order chi connectivity index (χ0) is 84.9. The average molecular weight is 1720 g/mol. The predicted molar refractivity (Wildman–Crippen MR) is 466 cm³/mol. The van der Waals surface area contributed by atoms with Crippen molar-refractivity contribution in [3.63, 3.8) is 0 Å². The van der Waals surface area contributed by atoms with Gasteiger partial charge in [-0.3, -0.25) is 21.3 Å². The van der Waals surface area contributed by atoms with E-state index in [1.54, 1.807) is 31.3 Å². The quantitative estimate of drug-likeness (QED) is 0.0125. The number of likely N-dealkylation sites (N-methyl/N-ethyl adjacent to an activating group) is 1. The topological polar surface area (TPSA) is 397 Å². The maximum Gasteiger partial charge on any atom is 0.411 e. The second kappa shape index (κ2) is 44.5. The molecule has 6 rings (SSSR count). The van der Waals surface area contributed by atoms with E-state index in [1.807, 2.05) is 214 Å². The van der Waals surface area contributed by atoms with Crippen LogP contribution in [0.2, 0.25) is 105 Å². The van der Waals surface area contributed by atoms with Crippen molar-refractivity contribution >= 4 is 137 Å². The molecule has 0 saturated heterocycles. The molecule has 0 fully saturated rings. The summed E-state index contributed by atoms with van der Waals surface area (Å²) in [5.41, 5.74) is 10.4. The number of urea groups is 2. The lowest BCUT2D eigenvalue weighted by Gasteiger charge is -2.32. The molecule has 13 N–H and O–H groups in total. The number of amides is 8. The molecule has 0 unspecified atom stereocenters. The molecule has 0 radical (unpaired) electrons. The summed E-state index contributed by atoms with van der Waals surface area (Å²) in [6.45, 7) is 30.7. The molecular weight excluding hydrogens is 1600 g/mol. The van der Waals surface area contributed by atoms with Gasteiger partial charge in [-0.25, -0.2) is 28.8 Å². The molecule has 29 nitrogen and oxygen atoms in total. The molecule has 0 aromatic heterocycles. The monoisotopic (exact) mass is 1720 g/mol. The Morgan fingerprint density at radius 1 is 0.289 bits per heavy atom. The lowest BCUT2D eigenvalue weighted by atomic mass is 9.98. The summed E-state index contributed by atoms with van der Waals surface area (Å²) in [4.78, 5) is 79.9. The van der Waals surface area contributed by atoms with Gasteiger partial charge in [0.2, 0.25) is 33.3 Å². The first kappa shape index (κ1) is 96.8. The SMILES string of the molecule is CN(CCO)C(=O)Nc1cccc(Cc2cc(Cc3cccc(NC(=O)OC[Si](C)(C)O[Si](C)(C)CO)c3)cc(NC(=O)OC[Si](C)(C)O[Si](C)(C)CO)c2)c1.C[Si](C)(CO)O[Si](C)(C)COC(=O)Nc1cccc(Cc2cc(Cc3cccc(NC(=O)N(CCO)CCO)c3)cc(NC(=O)OC[Si](C)(C)O[Si](C)(C)CO)c2)c1. The van der Waals surface area contributed by atoms with Gasteiger partial charge in [0.25, 0.3) is 0 Å². The number of rotatable bonds is 40. The summed E-state index contributed by atoms with van der Waals surface area (Å²) in [6, 6.07) is 40.3. The van der Waals surface area contributed by atoms with Crippen LogP contribution in [0.15, 0.2) is 133 Å². The average Bonchev–Trinajstić information content (AvgIpc) is 0.835. The number of carbonyl (C=O) groups excluding carboxylic acids is 6. The number of benzene rings is 6. The summed E-state index contributed by atoms with van der Waals surface area (Å²) in [6.07, 6.45) is -0.196. The van der Waals surface area contributed by atoms with Crippen molar-refractivity contribution in [2.24, 2.45) is 0 Å². The van der Waals surface area contributed by atoms with E-state index < -0.39 is 96.9 Å². The van der Waals surface area contributed by atoms with Crippen LogP contribution in [0.1, 0.15) is 44.5 Å². The Morgan fingerprint density at radius 2 is 0.518 bits per heavy atom. The highest BCUT2D eigenvalue weighted by Crippen LogP contribution is 2.28. The number of hydrogen-bond acceptors (Lipinski definition) is 21. The summed E-state index contributed by atoms with van der Waals surface area (Å²) in [7, 11) is -17.0. The Kier molecular flexibility index (Phi) is 37.8. The molecule has 0 spiro atoms. The first-order valence-corrected chi connectivity index (χ1v) is 62.7. The number of anilines is 6. The largest absolute Gasteiger partial charge is 0.452 e. The van der Waals surface area contributed by atoms with Gasteiger partial charge in [-0.15, -0.1) is 0 Å². The molecule has 114 heavy (non-hydrogen) atoms. The van der Waals surface area contributed by atoms with Crippen LogP contribution in [0, 0.1) is 0 Å². The van der Waals surface area contributed by atoms with Gasteiger partial charge in [-0.2, -0.15) is 0 Å². The smallest absolute Gasteiger partial charge is 0.411 e. The van der Waals surface area contributed by atoms with Crippen molar-refractivity contribution in [3.8, 4) is 0 Å². The summed E-state index contributed by atoms with van der Waals surface area (Å²) < 4.78 is 47.1. The fourth-order valence-electron chi connectivity index (χ4n) is 12.1. The van der Waals surface area contributed by atoms with Gasteiger partial charge in [0.15, 0.2) is 33.3 Å². The Bertz CT molecular complexity index is 4140. The standard InChI is InChI=1S/C39H62N4O11Si4.C38H60N4O10Si4/c1-55(2,26-46)53-57(5,6)28-51-38(49)41-35-14-10-12-31(23-35)20-33-21-32(19-30-11-9-13-34(22-30)40-37(48)43(15-17-44)16-18-45)24-36(25-33)42-39(50)52-29-58(7,8)54-56(3,4)27-47;1-42(16-17-43)36(46)39-33-14-10-12-29(21-33)18-31-20-32(24-35(23-31)41-38(48)50-28-56(8,9)52-54(4,5)26-45)19-30-13-11-15-34(22-30)40-37(47)49-27-55(6,7)51-53(2,3)25-44/h9-14,21-25,44-47H,15-20,26-29H2,1-8H3,(H,40,48)(H,41,49)(H,42,50);10-15,20-24,43-45H,16-19,25-28H2,1-9H3,(H,39,46)(H,40,47)(H,41,48). The number of carbonyl (C=O) groups is 6. The molecule has 8 amide bonds. The van der Waals surface area contributed by atoms with Gasteiger partial charge < -0.3 is 91.6 Å². The van der Waals surface area contributed by atoms with Gasteiger partial charge in [0.1, 0.15) is 24.9 Å². The highest BCUT2D eigenvalue weighted by atomic mass is 28.4. The molecular formula is C77H122N8O21Si8. The Hall–Kier alpha value is -7.76. The van der Waals surface area contributed by atoms with E-state index in [9.17, 15) is 64.5 Å². The second-order valence-corrected chi connectivity index (χ2v) is 66.8. The van der Waals surface area contributed by atoms with Crippen molar-refractivity contribution in [2.75, 3.05) is 128 Å². The number of ether oxygens (including phenoxy) is 4. The Balaban J connectivity index is 0.000000407. The van der Waals surface area contributed by atoms with Crippen molar-refractivity contribution in [2.45, 2.75) is 130 Å². The van der Waals surface area contributed by atoms with Gasteiger partial charge in [0.05, 0.1) is 44.7 Å². The molecule has 0 heterocycles. The van der Waals surface area contributed by atoms with Crippen LogP contribution >= 0.6 is 0 Å².